The van der Waals surface area contributed by atoms with Gasteiger partial charge in [0.25, 0.3) is 0 Å². The Bertz CT molecular complexity index is 1150. The summed E-state index contributed by atoms with van der Waals surface area (Å²) in [6.07, 6.45) is 2.80. The van der Waals surface area contributed by atoms with Gasteiger partial charge in [-0.1, -0.05) is 28.1 Å². The van der Waals surface area contributed by atoms with Crippen LogP contribution in [0, 0.1) is 0 Å². The van der Waals surface area contributed by atoms with Crippen molar-refractivity contribution in [1.82, 2.24) is 4.57 Å². The number of rotatable bonds is 7. The zero-order valence-corrected chi connectivity index (χ0v) is 18.1. The molecule has 4 rings (SSSR count). The lowest BCUT2D eigenvalue weighted by atomic mass is 10.1. The second-order valence-electron chi connectivity index (χ2n) is 6.30. The highest BCUT2D eigenvalue weighted by atomic mass is 79.9. The number of benzene rings is 3. The van der Waals surface area contributed by atoms with E-state index in [1.807, 2.05) is 53.2 Å². The third-order valence-corrected chi connectivity index (χ3v) is 5.82. The van der Waals surface area contributed by atoms with Crippen molar-refractivity contribution in [3.05, 3.63) is 69.7 Å². The molecule has 3 aromatic carbocycles. The minimum atomic E-state index is 0.356. The number of nitrogens with zero attached hydrogens (tertiary/aromatic N) is 1. The molecule has 6 heteroatoms. The lowest BCUT2D eigenvalue weighted by Crippen LogP contribution is -2.09. The quantitative estimate of drug-likeness (QED) is 0.230. The SMILES string of the molecule is O=CCn1ccc2cc(OCCOc3ccc4cc(Br)ccc4c3Br)ccc21. The predicted octanol–water partition coefficient (Wildman–Crippen LogP) is 5.98. The number of aldehydes is 1. The maximum absolute atomic E-state index is 10.7. The minimum Gasteiger partial charge on any atom is -0.490 e. The van der Waals surface area contributed by atoms with Crippen LogP contribution in [-0.2, 0) is 11.3 Å². The Labute approximate surface area is 179 Å². The van der Waals surface area contributed by atoms with Crippen molar-refractivity contribution in [2.75, 3.05) is 13.2 Å². The predicted molar refractivity (Wildman–Crippen MR) is 118 cm³/mol. The van der Waals surface area contributed by atoms with Gasteiger partial charge in [-0.2, -0.15) is 0 Å². The topological polar surface area (TPSA) is 40.5 Å². The van der Waals surface area contributed by atoms with Crippen LogP contribution in [0.15, 0.2) is 69.7 Å². The summed E-state index contributed by atoms with van der Waals surface area (Å²) in [5.41, 5.74) is 1.02. The second kappa shape index (κ2) is 8.37. The van der Waals surface area contributed by atoms with Crippen molar-refractivity contribution in [3.8, 4) is 11.5 Å². The molecule has 0 N–H and O–H groups in total. The lowest BCUT2D eigenvalue weighted by Gasteiger charge is -2.12. The van der Waals surface area contributed by atoms with Gasteiger partial charge >= 0.3 is 0 Å². The first-order valence-electron chi connectivity index (χ1n) is 8.81. The van der Waals surface area contributed by atoms with Crippen LogP contribution in [0.1, 0.15) is 0 Å². The first kappa shape index (κ1) is 19.0. The first-order valence-corrected chi connectivity index (χ1v) is 10.4. The van der Waals surface area contributed by atoms with E-state index in [0.717, 1.165) is 48.4 Å². The van der Waals surface area contributed by atoms with Crippen molar-refractivity contribution < 1.29 is 14.3 Å². The van der Waals surface area contributed by atoms with E-state index in [9.17, 15) is 4.79 Å². The summed E-state index contributed by atoms with van der Waals surface area (Å²) in [5, 5.41) is 3.29. The van der Waals surface area contributed by atoms with Crippen LogP contribution in [0.4, 0.5) is 0 Å². The van der Waals surface area contributed by atoms with E-state index in [-0.39, 0.29) is 0 Å². The van der Waals surface area contributed by atoms with Gasteiger partial charge in [0, 0.05) is 21.6 Å². The Hall–Kier alpha value is -2.31. The average Bonchev–Trinajstić information content (AvgIpc) is 3.09. The van der Waals surface area contributed by atoms with Crippen LogP contribution >= 0.6 is 31.9 Å². The summed E-state index contributed by atoms with van der Waals surface area (Å²) in [6.45, 7) is 1.23. The van der Waals surface area contributed by atoms with Crippen LogP contribution < -0.4 is 9.47 Å². The Balaban J connectivity index is 1.38. The number of halogens is 2. The molecule has 0 aliphatic heterocycles. The summed E-state index contributed by atoms with van der Waals surface area (Å²) >= 11 is 7.13. The number of fused-ring (bicyclic) bond motifs is 2. The molecule has 0 spiro atoms. The summed E-state index contributed by atoms with van der Waals surface area (Å²) in [6, 6.07) is 18.0. The molecule has 0 radical (unpaired) electrons. The molecule has 4 nitrogen and oxygen atoms in total. The third-order valence-electron chi connectivity index (χ3n) is 4.50. The smallest absolute Gasteiger partial charge is 0.139 e. The summed E-state index contributed by atoms with van der Waals surface area (Å²) in [4.78, 5) is 10.7. The van der Waals surface area contributed by atoms with Gasteiger partial charge < -0.3 is 18.8 Å². The highest BCUT2D eigenvalue weighted by Crippen LogP contribution is 2.34. The van der Waals surface area contributed by atoms with Crippen LogP contribution in [0.5, 0.6) is 11.5 Å². The van der Waals surface area contributed by atoms with Gasteiger partial charge in [0.15, 0.2) is 0 Å². The maximum atomic E-state index is 10.7. The molecule has 0 fully saturated rings. The fourth-order valence-corrected chi connectivity index (χ4v) is 4.16. The van der Waals surface area contributed by atoms with Gasteiger partial charge in [-0.15, -0.1) is 0 Å². The van der Waals surface area contributed by atoms with E-state index in [2.05, 4.69) is 44.0 Å². The first-order chi connectivity index (χ1) is 13.7. The maximum Gasteiger partial charge on any atom is 0.139 e. The molecule has 28 heavy (non-hydrogen) atoms. The van der Waals surface area contributed by atoms with Crippen LogP contribution in [-0.4, -0.2) is 24.1 Å². The monoisotopic (exact) mass is 501 g/mol. The van der Waals surface area contributed by atoms with Gasteiger partial charge in [-0.25, -0.2) is 0 Å². The van der Waals surface area contributed by atoms with Crippen molar-refractivity contribution in [1.29, 1.82) is 0 Å². The minimum absolute atomic E-state index is 0.356. The zero-order chi connectivity index (χ0) is 19.5. The van der Waals surface area contributed by atoms with Crippen LogP contribution in [0.25, 0.3) is 21.7 Å². The number of hydrogen-bond acceptors (Lipinski definition) is 3. The molecule has 0 saturated heterocycles. The molecule has 0 amide bonds. The number of carbonyl (C=O) groups is 1. The normalized spacial score (nSPS) is 11.1. The number of hydrogen-bond donors (Lipinski definition) is 0. The average molecular weight is 503 g/mol. The fourth-order valence-electron chi connectivity index (χ4n) is 3.17. The molecule has 142 valence electrons. The van der Waals surface area contributed by atoms with E-state index in [1.54, 1.807) is 0 Å². The van der Waals surface area contributed by atoms with Gasteiger partial charge in [0.05, 0.1) is 11.0 Å². The molecule has 0 bridgehead atoms. The van der Waals surface area contributed by atoms with E-state index < -0.39 is 0 Å². The number of carbonyl (C=O) groups excluding carboxylic acids is 1. The van der Waals surface area contributed by atoms with Crippen LogP contribution in [0.3, 0.4) is 0 Å². The molecular formula is C22H17Br2NO3. The molecular weight excluding hydrogens is 486 g/mol. The lowest BCUT2D eigenvalue weighted by molar-refractivity contribution is -0.108. The van der Waals surface area contributed by atoms with Gasteiger partial charge in [-0.05, 0) is 69.2 Å². The summed E-state index contributed by atoms with van der Waals surface area (Å²) in [5.74, 6) is 1.57. The molecule has 1 heterocycles. The Morgan fingerprint density at radius 1 is 0.893 bits per heavy atom. The molecule has 4 aromatic rings. The zero-order valence-electron chi connectivity index (χ0n) is 14.9. The third kappa shape index (κ3) is 3.93. The van der Waals surface area contributed by atoms with E-state index in [0.29, 0.717) is 19.8 Å². The molecule has 1 aromatic heterocycles. The molecule has 0 aliphatic rings. The Morgan fingerprint density at radius 3 is 2.61 bits per heavy atom. The molecule has 0 aliphatic carbocycles. The standard InChI is InChI=1S/C22H17Br2NO3/c23-17-2-4-19-15(13-17)1-6-21(22(19)24)28-12-11-27-18-3-5-20-16(14-18)7-8-25(20)9-10-26/h1-8,10,13-14H,9,11-12H2. The van der Waals surface area contributed by atoms with Gasteiger partial charge in [0.1, 0.15) is 31.0 Å². The van der Waals surface area contributed by atoms with Crippen molar-refractivity contribution in [3.63, 3.8) is 0 Å². The molecule has 0 unspecified atom stereocenters. The molecule has 0 saturated carbocycles. The van der Waals surface area contributed by atoms with E-state index in [1.165, 1.54) is 0 Å². The van der Waals surface area contributed by atoms with Gasteiger partial charge in [-0.3, -0.25) is 0 Å². The summed E-state index contributed by atoms with van der Waals surface area (Å²) in [7, 11) is 0. The molecule has 0 atom stereocenters. The van der Waals surface area contributed by atoms with E-state index >= 15 is 0 Å². The highest BCUT2D eigenvalue weighted by Gasteiger charge is 2.07. The fraction of sp³-hybridized carbons (Fsp3) is 0.136. The van der Waals surface area contributed by atoms with E-state index in [4.69, 9.17) is 9.47 Å². The van der Waals surface area contributed by atoms with Crippen LogP contribution in [0.2, 0.25) is 0 Å². The summed E-state index contributed by atoms with van der Waals surface area (Å²) < 4.78 is 15.6. The largest absolute Gasteiger partial charge is 0.490 e. The number of ether oxygens (including phenoxy) is 2. The van der Waals surface area contributed by atoms with Crippen molar-refractivity contribution >= 4 is 59.8 Å². The van der Waals surface area contributed by atoms with Crippen molar-refractivity contribution in [2.45, 2.75) is 6.54 Å². The van der Waals surface area contributed by atoms with Crippen molar-refractivity contribution in [2.24, 2.45) is 0 Å². The highest BCUT2D eigenvalue weighted by molar-refractivity contribution is 9.11. The second-order valence-corrected chi connectivity index (χ2v) is 8.00. The van der Waals surface area contributed by atoms with Gasteiger partial charge in [0.2, 0.25) is 0 Å². The Kier molecular flexibility index (Phi) is 5.69. The Morgan fingerprint density at radius 2 is 1.75 bits per heavy atom. The number of aromatic nitrogens is 1.